The van der Waals surface area contributed by atoms with Crippen molar-refractivity contribution in [2.75, 3.05) is 0 Å². The van der Waals surface area contributed by atoms with E-state index in [1.165, 1.54) is 0 Å². The predicted molar refractivity (Wildman–Crippen MR) is 94.1 cm³/mol. The summed E-state index contributed by atoms with van der Waals surface area (Å²) >= 11 is 18.0. The number of halogens is 3. The molecule has 0 aliphatic heterocycles. The van der Waals surface area contributed by atoms with Crippen molar-refractivity contribution >= 4 is 34.8 Å². The molecule has 0 saturated heterocycles. The first kappa shape index (κ1) is 17.1. The van der Waals surface area contributed by atoms with E-state index in [4.69, 9.17) is 44.1 Å². The Morgan fingerprint density at radius 1 is 1.04 bits per heavy atom. The number of rotatable bonds is 5. The molecule has 0 spiro atoms. The van der Waals surface area contributed by atoms with Crippen LogP contribution in [0.5, 0.6) is 5.75 Å². The number of hydrogen-bond donors (Lipinski definition) is 0. The minimum atomic E-state index is 0.183. The first-order valence-electron chi connectivity index (χ1n) is 7.15. The van der Waals surface area contributed by atoms with E-state index in [0.29, 0.717) is 39.0 Å². The zero-order valence-corrected chi connectivity index (χ0v) is 15.0. The van der Waals surface area contributed by atoms with Crippen molar-refractivity contribution < 1.29 is 9.26 Å². The Labute approximate surface area is 154 Å². The topological polar surface area (TPSA) is 48.2 Å². The number of ether oxygens (including phenoxy) is 1. The molecular formula is C17H13Cl3N2O2. The Bertz CT molecular complexity index is 865. The van der Waals surface area contributed by atoms with Gasteiger partial charge in [-0.15, -0.1) is 0 Å². The van der Waals surface area contributed by atoms with Gasteiger partial charge in [-0.2, -0.15) is 4.98 Å². The Kier molecular flexibility index (Phi) is 5.29. The lowest BCUT2D eigenvalue weighted by atomic mass is 10.1. The minimum absolute atomic E-state index is 0.183. The molecule has 1 aromatic heterocycles. The zero-order valence-electron chi connectivity index (χ0n) is 12.7. The molecule has 24 heavy (non-hydrogen) atoms. The first-order valence-corrected chi connectivity index (χ1v) is 8.29. The normalized spacial score (nSPS) is 10.8. The van der Waals surface area contributed by atoms with Gasteiger partial charge in [0.05, 0.1) is 0 Å². The van der Waals surface area contributed by atoms with Crippen molar-refractivity contribution in [3.8, 4) is 5.75 Å². The van der Waals surface area contributed by atoms with Crippen molar-refractivity contribution in [3.63, 3.8) is 0 Å². The van der Waals surface area contributed by atoms with Crippen molar-refractivity contribution in [3.05, 3.63) is 74.3 Å². The summed E-state index contributed by atoms with van der Waals surface area (Å²) in [6.07, 6.45) is 0.458. The van der Waals surface area contributed by atoms with Gasteiger partial charge in [0.15, 0.2) is 12.4 Å². The van der Waals surface area contributed by atoms with Crippen molar-refractivity contribution in [2.24, 2.45) is 0 Å². The van der Waals surface area contributed by atoms with Gasteiger partial charge in [0.25, 0.3) is 5.89 Å². The third kappa shape index (κ3) is 4.20. The molecule has 3 aromatic rings. The van der Waals surface area contributed by atoms with Gasteiger partial charge in [0, 0.05) is 21.5 Å². The standard InChI is InChI=1S/C17H13Cl3N2O2/c1-10-6-13(4-5-14(10)19)23-9-17-21-16(22-24-17)7-11-2-3-12(18)8-15(11)20/h2-6,8H,7,9H2,1H3. The molecule has 0 aliphatic carbocycles. The maximum absolute atomic E-state index is 6.15. The maximum atomic E-state index is 6.15. The molecule has 3 rings (SSSR count). The maximum Gasteiger partial charge on any atom is 0.264 e. The average molecular weight is 384 g/mol. The van der Waals surface area contributed by atoms with Crippen LogP contribution in [0.15, 0.2) is 40.9 Å². The molecule has 0 fully saturated rings. The molecular weight excluding hydrogens is 371 g/mol. The molecule has 0 N–H and O–H groups in total. The van der Waals surface area contributed by atoms with E-state index >= 15 is 0 Å². The second-order valence-corrected chi connectivity index (χ2v) is 6.47. The highest BCUT2D eigenvalue weighted by atomic mass is 35.5. The molecule has 1 heterocycles. The van der Waals surface area contributed by atoms with E-state index in [9.17, 15) is 0 Å². The van der Waals surface area contributed by atoms with E-state index in [2.05, 4.69) is 10.1 Å². The van der Waals surface area contributed by atoms with Crippen molar-refractivity contribution in [1.29, 1.82) is 0 Å². The summed E-state index contributed by atoms with van der Waals surface area (Å²) in [6.45, 7) is 2.10. The van der Waals surface area contributed by atoms with Crippen LogP contribution in [0.3, 0.4) is 0 Å². The highest BCUT2D eigenvalue weighted by Gasteiger charge is 2.10. The van der Waals surface area contributed by atoms with Crippen LogP contribution >= 0.6 is 34.8 Å². The quantitative estimate of drug-likeness (QED) is 0.583. The number of hydrogen-bond acceptors (Lipinski definition) is 4. The number of nitrogens with zero attached hydrogens (tertiary/aromatic N) is 2. The van der Waals surface area contributed by atoms with E-state index in [1.54, 1.807) is 24.3 Å². The SMILES string of the molecule is Cc1cc(OCc2nc(Cc3ccc(Cl)cc3Cl)no2)ccc1Cl. The number of aromatic nitrogens is 2. The monoisotopic (exact) mass is 382 g/mol. The zero-order chi connectivity index (χ0) is 17.1. The second kappa shape index (κ2) is 7.43. The fourth-order valence-corrected chi connectivity index (χ4v) is 2.70. The molecule has 0 amide bonds. The van der Waals surface area contributed by atoms with Crippen LogP contribution in [0.2, 0.25) is 15.1 Å². The summed E-state index contributed by atoms with van der Waals surface area (Å²) in [7, 11) is 0. The first-order chi connectivity index (χ1) is 11.5. The molecule has 0 unspecified atom stereocenters. The molecule has 124 valence electrons. The highest BCUT2D eigenvalue weighted by molar-refractivity contribution is 6.35. The van der Waals surface area contributed by atoms with Crippen LogP contribution in [0, 0.1) is 6.92 Å². The summed E-state index contributed by atoms with van der Waals surface area (Å²) < 4.78 is 10.8. The fourth-order valence-electron chi connectivity index (χ4n) is 2.11. The second-order valence-electron chi connectivity index (χ2n) is 5.22. The largest absolute Gasteiger partial charge is 0.484 e. The summed E-state index contributed by atoms with van der Waals surface area (Å²) in [5.41, 5.74) is 1.82. The van der Waals surface area contributed by atoms with Crippen molar-refractivity contribution in [2.45, 2.75) is 20.0 Å². The predicted octanol–water partition coefficient (Wildman–Crippen LogP) is 5.51. The Morgan fingerprint density at radius 3 is 2.62 bits per heavy atom. The Hall–Kier alpha value is -1.75. The third-order valence-corrected chi connectivity index (χ3v) is 4.38. The van der Waals surface area contributed by atoms with Crippen LogP contribution in [0.4, 0.5) is 0 Å². The Morgan fingerprint density at radius 2 is 1.88 bits per heavy atom. The minimum Gasteiger partial charge on any atom is -0.484 e. The van der Waals surface area contributed by atoms with Crippen molar-refractivity contribution in [1.82, 2.24) is 10.1 Å². The van der Waals surface area contributed by atoms with Gasteiger partial charge in [-0.1, -0.05) is 46.0 Å². The molecule has 0 saturated carbocycles. The highest BCUT2D eigenvalue weighted by Crippen LogP contribution is 2.23. The molecule has 7 heteroatoms. The van der Waals surface area contributed by atoms with Crippen LogP contribution in [0.25, 0.3) is 0 Å². The summed E-state index contributed by atoms with van der Waals surface area (Å²) in [5.74, 6) is 1.62. The molecule has 2 aromatic carbocycles. The molecule has 0 aliphatic rings. The van der Waals surface area contributed by atoms with E-state index in [0.717, 1.165) is 11.1 Å². The van der Waals surface area contributed by atoms with Crippen LogP contribution in [0.1, 0.15) is 22.8 Å². The molecule has 4 nitrogen and oxygen atoms in total. The lowest BCUT2D eigenvalue weighted by Crippen LogP contribution is -1.97. The van der Waals surface area contributed by atoms with Gasteiger partial charge in [0.1, 0.15) is 5.75 Å². The van der Waals surface area contributed by atoms with Gasteiger partial charge in [-0.25, -0.2) is 0 Å². The number of benzene rings is 2. The van der Waals surface area contributed by atoms with Crippen LogP contribution in [-0.4, -0.2) is 10.1 Å². The lowest BCUT2D eigenvalue weighted by molar-refractivity contribution is 0.242. The molecule has 0 bridgehead atoms. The average Bonchev–Trinajstić information content (AvgIpc) is 2.99. The fraction of sp³-hybridized carbons (Fsp3) is 0.176. The van der Waals surface area contributed by atoms with E-state index in [-0.39, 0.29) is 6.61 Å². The number of aryl methyl sites for hydroxylation is 1. The van der Waals surface area contributed by atoms with Gasteiger partial charge in [-0.3, -0.25) is 0 Å². The third-order valence-electron chi connectivity index (χ3n) is 3.37. The Balaban J connectivity index is 1.63. The van der Waals surface area contributed by atoms with E-state index < -0.39 is 0 Å². The van der Waals surface area contributed by atoms with Gasteiger partial charge >= 0.3 is 0 Å². The van der Waals surface area contributed by atoms with Crippen LogP contribution in [-0.2, 0) is 13.0 Å². The smallest absolute Gasteiger partial charge is 0.264 e. The van der Waals surface area contributed by atoms with Gasteiger partial charge in [-0.05, 0) is 48.4 Å². The molecule has 0 atom stereocenters. The summed E-state index contributed by atoms with van der Waals surface area (Å²) in [6, 6.07) is 10.7. The molecule has 0 radical (unpaired) electrons. The van der Waals surface area contributed by atoms with Gasteiger partial charge in [0.2, 0.25) is 0 Å². The van der Waals surface area contributed by atoms with Crippen LogP contribution < -0.4 is 4.74 Å². The summed E-state index contributed by atoms with van der Waals surface area (Å²) in [4.78, 5) is 4.30. The lowest BCUT2D eigenvalue weighted by Gasteiger charge is -2.04. The summed E-state index contributed by atoms with van der Waals surface area (Å²) in [5, 5.41) is 5.79. The van der Waals surface area contributed by atoms with Gasteiger partial charge < -0.3 is 9.26 Å². The van der Waals surface area contributed by atoms with E-state index in [1.807, 2.05) is 19.1 Å².